The predicted molar refractivity (Wildman–Crippen MR) is 130 cm³/mol. The van der Waals surface area contributed by atoms with Crippen LogP contribution < -0.4 is 5.32 Å². The maximum atomic E-state index is 6.30. The Morgan fingerprint density at radius 3 is 2.81 bits per heavy atom. The Kier molecular flexibility index (Phi) is 8.00. The number of rotatable bonds is 6. The van der Waals surface area contributed by atoms with Crippen LogP contribution in [0.1, 0.15) is 55.5 Å². The number of hydrogen-bond acceptors (Lipinski definition) is 3. The van der Waals surface area contributed by atoms with E-state index in [1.165, 1.54) is 24.0 Å². The molecule has 1 aliphatic heterocycles. The van der Waals surface area contributed by atoms with Gasteiger partial charge in [-0.3, -0.25) is 14.6 Å². The summed E-state index contributed by atoms with van der Waals surface area (Å²) in [5.74, 6) is 1.81. The number of aromatic nitrogens is 2. The lowest BCUT2D eigenvalue weighted by Gasteiger charge is -2.40. The summed E-state index contributed by atoms with van der Waals surface area (Å²) in [6.07, 6.45) is 4.52. The third kappa shape index (κ3) is 5.80. The zero-order valence-corrected chi connectivity index (χ0v) is 20.5. The molecule has 2 unspecified atom stereocenters. The Bertz CT molecular complexity index is 890. The van der Waals surface area contributed by atoms with Crippen LogP contribution in [0.3, 0.4) is 0 Å². The first-order valence-corrected chi connectivity index (χ1v) is 11.6. The first-order valence-electron chi connectivity index (χ1n) is 11.2. The van der Waals surface area contributed by atoms with Gasteiger partial charge in [0.05, 0.1) is 5.69 Å². The molecule has 0 spiro atoms. The molecule has 0 saturated carbocycles. The van der Waals surface area contributed by atoms with Crippen LogP contribution in [0.15, 0.2) is 35.5 Å². The average Bonchev–Trinajstić information content (AvgIpc) is 3.09. The van der Waals surface area contributed by atoms with Crippen molar-refractivity contribution in [1.29, 1.82) is 0 Å². The van der Waals surface area contributed by atoms with E-state index in [-0.39, 0.29) is 0 Å². The normalized spacial score (nSPS) is 20.3. The van der Waals surface area contributed by atoms with Gasteiger partial charge in [0, 0.05) is 57.1 Å². The van der Waals surface area contributed by atoms with Crippen LogP contribution in [0.5, 0.6) is 0 Å². The SMILES string of the molecule is CN=C(NCC1CCCN(C)C1c1cccc(Cl)c1)N(C)Cc1cn(C)nc1C(C)C. The Hall–Kier alpha value is -2.05. The van der Waals surface area contributed by atoms with E-state index in [9.17, 15) is 0 Å². The lowest BCUT2D eigenvalue weighted by molar-refractivity contribution is 0.122. The van der Waals surface area contributed by atoms with Crippen LogP contribution in [-0.4, -0.2) is 59.8 Å². The highest BCUT2D eigenvalue weighted by Gasteiger charge is 2.31. The second-order valence-corrected chi connectivity index (χ2v) is 9.47. The number of halogens is 1. The van der Waals surface area contributed by atoms with E-state index in [1.807, 2.05) is 24.8 Å². The summed E-state index contributed by atoms with van der Waals surface area (Å²) in [7, 11) is 8.15. The quantitative estimate of drug-likeness (QED) is 0.533. The number of likely N-dealkylation sites (tertiary alicyclic amines) is 1. The number of hydrogen-bond donors (Lipinski definition) is 1. The van der Waals surface area contributed by atoms with Gasteiger partial charge in [0.15, 0.2) is 5.96 Å². The van der Waals surface area contributed by atoms with Gasteiger partial charge in [0.2, 0.25) is 0 Å². The van der Waals surface area contributed by atoms with Gasteiger partial charge in [0.1, 0.15) is 0 Å². The molecule has 31 heavy (non-hydrogen) atoms. The molecule has 1 saturated heterocycles. The molecule has 170 valence electrons. The summed E-state index contributed by atoms with van der Waals surface area (Å²) in [5.41, 5.74) is 3.69. The first-order chi connectivity index (χ1) is 14.8. The summed E-state index contributed by atoms with van der Waals surface area (Å²) in [6.45, 7) is 7.15. The van der Waals surface area contributed by atoms with Gasteiger partial charge in [-0.15, -0.1) is 0 Å². The second kappa shape index (κ2) is 10.5. The van der Waals surface area contributed by atoms with Crippen LogP contribution in [0.25, 0.3) is 0 Å². The molecule has 1 aromatic heterocycles. The molecule has 0 aliphatic carbocycles. The minimum absolute atomic E-state index is 0.356. The van der Waals surface area contributed by atoms with Crippen molar-refractivity contribution in [1.82, 2.24) is 24.9 Å². The van der Waals surface area contributed by atoms with E-state index < -0.39 is 0 Å². The third-order valence-electron chi connectivity index (χ3n) is 6.18. The van der Waals surface area contributed by atoms with E-state index in [2.05, 4.69) is 77.5 Å². The summed E-state index contributed by atoms with van der Waals surface area (Å²) in [5, 5.41) is 9.08. The molecule has 0 amide bonds. The van der Waals surface area contributed by atoms with Crippen LogP contribution in [0.4, 0.5) is 0 Å². The molecule has 1 fully saturated rings. The highest BCUT2D eigenvalue weighted by atomic mass is 35.5. The van der Waals surface area contributed by atoms with Crippen molar-refractivity contribution in [3.8, 4) is 0 Å². The van der Waals surface area contributed by atoms with E-state index in [4.69, 9.17) is 11.6 Å². The molecule has 1 aromatic carbocycles. The van der Waals surface area contributed by atoms with Gasteiger partial charge < -0.3 is 10.2 Å². The van der Waals surface area contributed by atoms with Crippen molar-refractivity contribution in [2.45, 2.75) is 45.2 Å². The highest BCUT2D eigenvalue weighted by Crippen LogP contribution is 2.35. The zero-order chi connectivity index (χ0) is 22.5. The Balaban J connectivity index is 1.68. The molecule has 6 nitrogen and oxygen atoms in total. The molecule has 3 rings (SSSR count). The number of aliphatic imine (C=N–C) groups is 1. The van der Waals surface area contributed by atoms with Crippen molar-refractivity contribution in [2.75, 3.05) is 34.2 Å². The van der Waals surface area contributed by atoms with Crippen LogP contribution in [-0.2, 0) is 13.6 Å². The van der Waals surface area contributed by atoms with Crippen molar-refractivity contribution in [3.63, 3.8) is 0 Å². The molecular weight excluding hydrogens is 408 g/mol. The van der Waals surface area contributed by atoms with Gasteiger partial charge in [0.25, 0.3) is 0 Å². The second-order valence-electron chi connectivity index (χ2n) is 9.03. The van der Waals surface area contributed by atoms with Gasteiger partial charge >= 0.3 is 0 Å². The Labute approximate surface area is 192 Å². The smallest absolute Gasteiger partial charge is 0.193 e. The topological polar surface area (TPSA) is 48.7 Å². The highest BCUT2D eigenvalue weighted by molar-refractivity contribution is 6.30. The molecule has 2 heterocycles. The minimum atomic E-state index is 0.356. The molecule has 7 heteroatoms. The fourth-order valence-corrected chi connectivity index (χ4v) is 4.99. The lowest BCUT2D eigenvalue weighted by Crippen LogP contribution is -2.45. The minimum Gasteiger partial charge on any atom is -0.356 e. The summed E-state index contributed by atoms with van der Waals surface area (Å²) in [4.78, 5) is 9.19. The monoisotopic (exact) mass is 444 g/mol. The van der Waals surface area contributed by atoms with Gasteiger partial charge in [-0.05, 0) is 56.0 Å². The van der Waals surface area contributed by atoms with Crippen molar-refractivity contribution >= 4 is 17.6 Å². The Morgan fingerprint density at radius 2 is 2.13 bits per heavy atom. The van der Waals surface area contributed by atoms with Gasteiger partial charge in [-0.25, -0.2) is 0 Å². The summed E-state index contributed by atoms with van der Waals surface area (Å²) in [6, 6.07) is 8.66. The molecule has 0 bridgehead atoms. The van der Waals surface area contributed by atoms with E-state index >= 15 is 0 Å². The van der Waals surface area contributed by atoms with Crippen molar-refractivity contribution in [3.05, 3.63) is 52.3 Å². The zero-order valence-electron chi connectivity index (χ0n) is 19.8. The number of guanidine groups is 1. The maximum Gasteiger partial charge on any atom is 0.193 e. The van der Waals surface area contributed by atoms with Crippen molar-refractivity contribution < 1.29 is 0 Å². The fourth-order valence-electron chi connectivity index (χ4n) is 4.79. The van der Waals surface area contributed by atoms with Crippen LogP contribution in [0, 0.1) is 5.92 Å². The maximum absolute atomic E-state index is 6.30. The number of piperidine rings is 1. The van der Waals surface area contributed by atoms with E-state index in [1.54, 1.807) is 0 Å². The average molecular weight is 445 g/mol. The van der Waals surface area contributed by atoms with Gasteiger partial charge in [-0.1, -0.05) is 37.6 Å². The number of nitrogens with zero attached hydrogens (tertiary/aromatic N) is 5. The fraction of sp³-hybridized carbons (Fsp3) is 0.583. The Morgan fingerprint density at radius 1 is 1.35 bits per heavy atom. The molecule has 0 radical (unpaired) electrons. The molecule has 2 aromatic rings. The summed E-state index contributed by atoms with van der Waals surface area (Å²) >= 11 is 6.30. The number of nitrogens with one attached hydrogen (secondary N) is 1. The van der Waals surface area contributed by atoms with E-state index in [0.29, 0.717) is 17.9 Å². The summed E-state index contributed by atoms with van der Waals surface area (Å²) < 4.78 is 1.90. The van der Waals surface area contributed by atoms with Crippen LogP contribution in [0.2, 0.25) is 5.02 Å². The third-order valence-corrected chi connectivity index (χ3v) is 6.42. The molecular formula is C24H37ClN6. The first kappa shape index (κ1) is 23.6. The number of benzene rings is 1. The number of aryl methyl sites for hydroxylation is 1. The van der Waals surface area contributed by atoms with Gasteiger partial charge in [-0.2, -0.15) is 5.10 Å². The molecule has 1 aliphatic rings. The van der Waals surface area contributed by atoms with Crippen molar-refractivity contribution in [2.24, 2.45) is 18.0 Å². The van der Waals surface area contributed by atoms with Crippen LogP contribution >= 0.6 is 11.6 Å². The molecule has 1 N–H and O–H groups in total. The predicted octanol–water partition coefficient (Wildman–Crippen LogP) is 4.29. The van der Waals surface area contributed by atoms with E-state index in [0.717, 1.165) is 36.3 Å². The standard InChI is InChI=1S/C24H37ClN6/c1-17(2)22-20(16-31(6)28-22)15-30(5)24(26-3)27-14-19-10-8-12-29(4)23(19)18-9-7-11-21(25)13-18/h7,9,11,13,16-17,19,23H,8,10,12,14-15H2,1-6H3,(H,26,27). The largest absolute Gasteiger partial charge is 0.356 e. The molecule has 2 atom stereocenters. The lowest BCUT2D eigenvalue weighted by atomic mass is 9.85.